The molecule has 0 saturated heterocycles. The van der Waals surface area contributed by atoms with Crippen molar-refractivity contribution in [3.63, 3.8) is 0 Å². The lowest BCUT2D eigenvalue weighted by molar-refractivity contribution is -0.118. The quantitative estimate of drug-likeness (QED) is 0.246. The summed E-state index contributed by atoms with van der Waals surface area (Å²) in [6, 6.07) is 0. The van der Waals surface area contributed by atoms with E-state index in [4.69, 9.17) is 15.6 Å². The monoisotopic (exact) mass is 403 g/mol. The number of ether oxygens (including phenoxy) is 1. The molecule has 4 N–H and O–H groups in total. The number of nitrogens with one attached hydrogen (secondary N) is 1. The third kappa shape index (κ3) is 39.8. The second-order valence-corrected chi connectivity index (χ2v) is 8.30. The van der Waals surface area contributed by atoms with E-state index < -0.39 is 0 Å². The number of primary amides is 1. The van der Waals surface area contributed by atoms with Gasteiger partial charge in [0.15, 0.2) is 0 Å². The predicted molar refractivity (Wildman–Crippen MR) is 122 cm³/mol. The highest BCUT2D eigenvalue weighted by Gasteiger charge is 2.04. The molecule has 0 spiro atoms. The first kappa shape index (κ1) is 31.6. The standard InChI is InChI=1S/C10H21NO2.C7H16N2.C5H12O/c1-8(2)6-7-13-9(3)4-5-10(11)12;1-7(2)4-5-9-6-8-3;1-5(2)3-4-6/h8-9H,4-7H2,1-3H3,(H2,11,12);6-7H,4-5H2,1-3H3,(H,8,9);5-6H,3-4H2,1-2H3. The van der Waals surface area contributed by atoms with Crippen LogP contribution in [0.4, 0.5) is 0 Å². The summed E-state index contributed by atoms with van der Waals surface area (Å²) in [7, 11) is 1.77. The molecule has 1 unspecified atom stereocenters. The number of hydrogen-bond donors (Lipinski definition) is 3. The average molecular weight is 404 g/mol. The van der Waals surface area contributed by atoms with Crippen molar-refractivity contribution < 1.29 is 14.6 Å². The van der Waals surface area contributed by atoms with Crippen molar-refractivity contribution in [2.75, 3.05) is 26.8 Å². The van der Waals surface area contributed by atoms with Gasteiger partial charge in [-0.05, 0) is 50.4 Å². The van der Waals surface area contributed by atoms with Crippen LogP contribution < -0.4 is 11.1 Å². The summed E-state index contributed by atoms with van der Waals surface area (Å²) in [5.41, 5.74) is 5.02. The Labute approximate surface area is 174 Å². The van der Waals surface area contributed by atoms with Gasteiger partial charge in [0.05, 0.1) is 12.4 Å². The number of hydrogen-bond acceptors (Lipinski definition) is 4. The Morgan fingerprint density at radius 1 is 1.00 bits per heavy atom. The zero-order valence-electron chi connectivity index (χ0n) is 19.8. The fourth-order valence-corrected chi connectivity index (χ4v) is 1.72. The van der Waals surface area contributed by atoms with Gasteiger partial charge in [0.25, 0.3) is 0 Å². The molecule has 6 nitrogen and oxygen atoms in total. The summed E-state index contributed by atoms with van der Waals surface area (Å²) in [5, 5.41) is 11.3. The van der Waals surface area contributed by atoms with Gasteiger partial charge in [-0.2, -0.15) is 0 Å². The van der Waals surface area contributed by atoms with E-state index in [1.165, 1.54) is 6.42 Å². The predicted octanol–water partition coefficient (Wildman–Crippen LogP) is 4.01. The van der Waals surface area contributed by atoms with Crippen molar-refractivity contribution in [1.29, 1.82) is 0 Å². The number of amides is 1. The van der Waals surface area contributed by atoms with E-state index in [0.29, 0.717) is 24.9 Å². The molecule has 0 aliphatic heterocycles. The van der Waals surface area contributed by atoms with Crippen LogP contribution in [0.5, 0.6) is 0 Å². The van der Waals surface area contributed by atoms with Crippen LogP contribution in [-0.2, 0) is 9.53 Å². The normalized spacial score (nSPS) is 11.9. The number of aliphatic hydroxyl groups excluding tert-OH is 1. The molecular formula is C22H49N3O3. The smallest absolute Gasteiger partial charge is 0.217 e. The maximum atomic E-state index is 10.5. The molecule has 0 aromatic rings. The molecule has 0 bridgehead atoms. The molecule has 0 rings (SSSR count). The lowest BCUT2D eigenvalue weighted by atomic mass is 10.1. The van der Waals surface area contributed by atoms with Gasteiger partial charge < -0.3 is 20.9 Å². The van der Waals surface area contributed by atoms with Crippen LogP contribution in [0.1, 0.15) is 80.6 Å². The molecule has 0 aromatic carbocycles. The van der Waals surface area contributed by atoms with E-state index in [9.17, 15) is 4.79 Å². The molecular weight excluding hydrogens is 354 g/mol. The highest BCUT2D eigenvalue weighted by Crippen LogP contribution is 2.05. The second-order valence-electron chi connectivity index (χ2n) is 8.30. The largest absolute Gasteiger partial charge is 0.396 e. The van der Waals surface area contributed by atoms with E-state index in [2.05, 4.69) is 51.9 Å². The molecule has 0 heterocycles. The van der Waals surface area contributed by atoms with Crippen LogP contribution in [0, 0.1) is 17.8 Å². The lowest BCUT2D eigenvalue weighted by Crippen LogP contribution is -2.16. The van der Waals surface area contributed by atoms with Gasteiger partial charge in [-0.3, -0.25) is 9.79 Å². The van der Waals surface area contributed by atoms with Gasteiger partial charge in [0.2, 0.25) is 5.91 Å². The van der Waals surface area contributed by atoms with Crippen molar-refractivity contribution in [3.05, 3.63) is 0 Å². The Kier molecular flexibility index (Phi) is 26.9. The van der Waals surface area contributed by atoms with E-state index in [0.717, 1.165) is 38.3 Å². The summed E-state index contributed by atoms with van der Waals surface area (Å²) < 4.78 is 5.50. The van der Waals surface area contributed by atoms with E-state index >= 15 is 0 Å². The highest BCUT2D eigenvalue weighted by atomic mass is 16.5. The number of rotatable bonds is 13. The van der Waals surface area contributed by atoms with Crippen molar-refractivity contribution in [2.45, 2.75) is 86.7 Å². The van der Waals surface area contributed by atoms with Crippen molar-refractivity contribution in [3.8, 4) is 0 Å². The fourth-order valence-electron chi connectivity index (χ4n) is 1.72. The minimum absolute atomic E-state index is 0.145. The average Bonchev–Trinajstić information content (AvgIpc) is 2.57. The molecule has 0 radical (unpaired) electrons. The minimum Gasteiger partial charge on any atom is -0.396 e. The summed E-state index contributed by atoms with van der Waals surface area (Å²) in [6.45, 7) is 17.1. The topological polar surface area (TPSA) is 96.9 Å². The van der Waals surface area contributed by atoms with Gasteiger partial charge in [-0.1, -0.05) is 41.5 Å². The van der Waals surface area contributed by atoms with Crippen molar-refractivity contribution in [2.24, 2.45) is 28.5 Å². The molecule has 6 heteroatoms. The summed E-state index contributed by atoms with van der Waals surface area (Å²) in [5.74, 6) is 1.85. The number of nitrogens with two attached hydrogens (primary N) is 1. The zero-order chi connectivity index (χ0) is 22.4. The van der Waals surface area contributed by atoms with Crippen molar-refractivity contribution in [1.82, 2.24) is 5.32 Å². The summed E-state index contributed by atoms with van der Waals surface area (Å²) >= 11 is 0. The summed E-state index contributed by atoms with van der Waals surface area (Å²) in [4.78, 5) is 14.2. The third-order valence-corrected chi connectivity index (χ3v) is 3.69. The molecule has 0 aromatic heterocycles. The van der Waals surface area contributed by atoms with Crippen LogP contribution in [-0.4, -0.2) is 50.3 Å². The van der Waals surface area contributed by atoms with Gasteiger partial charge in [0, 0.05) is 33.2 Å². The Morgan fingerprint density at radius 3 is 1.89 bits per heavy atom. The molecule has 28 heavy (non-hydrogen) atoms. The zero-order valence-corrected chi connectivity index (χ0v) is 19.8. The number of aliphatic hydroxyl groups is 1. The Balaban J connectivity index is -0.000000362. The first-order chi connectivity index (χ1) is 13.1. The number of carbonyl (C=O) groups excluding carboxylic acids is 1. The minimum atomic E-state index is -0.251. The third-order valence-electron chi connectivity index (χ3n) is 3.69. The molecule has 1 amide bonds. The Hall–Kier alpha value is -1.14. The lowest BCUT2D eigenvalue weighted by Gasteiger charge is -2.12. The maximum absolute atomic E-state index is 10.5. The fraction of sp³-hybridized carbons (Fsp3) is 0.909. The van der Waals surface area contributed by atoms with Gasteiger partial charge in [-0.25, -0.2) is 0 Å². The molecule has 0 aliphatic rings. The number of carbonyl (C=O) groups is 1. The first-order valence-corrected chi connectivity index (χ1v) is 10.7. The van der Waals surface area contributed by atoms with E-state index in [1.54, 1.807) is 13.4 Å². The summed E-state index contributed by atoms with van der Waals surface area (Å²) in [6.07, 6.45) is 6.25. The molecule has 170 valence electrons. The molecule has 0 aliphatic carbocycles. The van der Waals surface area contributed by atoms with Gasteiger partial charge >= 0.3 is 0 Å². The SMILES string of the molecule is CC(C)CCO.CC(C)CCOC(C)CCC(N)=O.CN=CNCCC(C)C. The van der Waals surface area contributed by atoms with Crippen LogP contribution >= 0.6 is 0 Å². The van der Waals surface area contributed by atoms with Crippen molar-refractivity contribution >= 4 is 12.2 Å². The Bertz CT molecular complexity index is 346. The Morgan fingerprint density at radius 2 is 1.54 bits per heavy atom. The molecule has 0 saturated carbocycles. The second kappa shape index (κ2) is 23.9. The van der Waals surface area contributed by atoms with Crippen LogP contribution in [0.15, 0.2) is 4.99 Å². The number of nitrogens with zero attached hydrogens (tertiary/aromatic N) is 1. The number of aliphatic imine (C=N–C) groups is 1. The maximum Gasteiger partial charge on any atom is 0.217 e. The van der Waals surface area contributed by atoms with Crippen LogP contribution in [0.25, 0.3) is 0 Å². The van der Waals surface area contributed by atoms with Gasteiger partial charge in [0.1, 0.15) is 0 Å². The first-order valence-electron chi connectivity index (χ1n) is 10.7. The molecule has 0 fully saturated rings. The van der Waals surface area contributed by atoms with E-state index in [-0.39, 0.29) is 12.0 Å². The van der Waals surface area contributed by atoms with E-state index in [1.807, 2.05) is 6.92 Å². The molecule has 1 atom stereocenters. The van der Waals surface area contributed by atoms with Gasteiger partial charge in [-0.15, -0.1) is 0 Å². The van der Waals surface area contributed by atoms with Crippen LogP contribution in [0.2, 0.25) is 0 Å². The van der Waals surface area contributed by atoms with Crippen LogP contribution in [0.3, 0.4) is 0 Å². The highest BCUT2D eigenvalue weighted by molar-refractivity contribution is 5.73.